The quantitative estimate of drug-likeness (QED) is 0.304. The van der Waals surface area contributed by atoms with Crippen LogP contribution in [0.25, 0.3) is 20.8 Å². The lowest BCUT2D eigenvalue weighted by molar-refractivity contribution is -0.120. The first-order valence-corrected chi connectivity index (χ1v) is 15.2. The Labute approximate surface area is 219 Å². The molecule has 36 heavy (non-hydrogen) atoms. The number of rotatable bonds is 6. The smallest absolute Gasteiger partial charge is 0.244 e. The second-order valence-corrected chi connectivity index (χ2v) is 12.7. The first-order chi connectivity index (χ1) is 17.3. The number of sulfonamides is 1. The second kappa shape index (κ2) is 10.3. The lowest BCUT2D eigenvalue weighted by atomic mass is 9.97. The van der Waals surface area contributed by atoms with Crippen LogP contribution in [0.5, 0.6) is 0 Å². The van der Waals surface area contributed by atoms with Gasteiger partial charge in [0.25, 0.3) is 0 Å². The molecular weight excluding hydrogens is 511 g/mol. The molecule has 0 saturated carbocycles. The van der Waals surface area contributed by atoms with E-state index in [4.69, 9.17) is 4.98 Å². The summed E-state index contributed by atoms with van der Waals surface area (Å²) in [6.45, 7) is 2.74. The molecule has 1 amide bonds. The SMILES string of the molecule is CSc1ccccc1S(=O)(=O)N1CCC(C(=O)Nc2ccc(-c3nc4ccc(C)cc4s3)cc2)CC1. The maximum absolute atomic E-state index is 13.2. The van der Waals surface area contributed by atoms with Crippen LogP contribution in [-0.2, 0) is 14.8 Å². The number of carbonyl (C=O) groups is 1. The van der Waals surface area contributed by atoms with Crippen LogP contribution < -0.4 is 5.32 Å². The lowest BCUT2D eigenvalue weighted by Crippen LogP contribution is -2.41. The van der Waals surface area contributed by atoms with E-state index in [2.05, 4.69) is 24.4 Å². The fourth-order valence-electron chi connectivity index (χ4n) is 4.43. The number of hydrogen-bond donors (Lipinski definition) is 1. The van der Waals surface area contributed by atoms with Gasteiger partial charge in [0.2, 0.25) is 15.9 Å². The molecule has 0 unspecified atom stereocenters. The molecule has 186 valence electrons. The van der Waals surface area contributed by atoms with Crippen LogP contribution in [-0.4, -0.2) is 43.0 Å². The number of aryl methyl sites for hydroxylation is 1. The molecule has 0 atom stereocenters. The lowest BCUT2D eigenvalue weighted by Gasteiger charge is -2.31. The second-order valence-electron chi connectivity index (χ2n) is 8.89. The molecule has 5 rings (SSSR count). The summed E-state index contributed by atoms with van der Waals surface area (Å²) in [6, 6.07) is 21.0. The Morgan fingerprint density at radius 2 is 1.78 bits per heavy atom. The maximum Gasteiger partial charge on any atom is 0.244 e. The van der Waals surface area contributed by atoms with Crippen molar-refractivity contribution >= 4 is 54.9 Å². The van der Waals surface area contributed by atoms with Gasteiger partial charge in [-0.2, -0.15) is 4.31 Å². The molecule has 0 radical (unpaired) electrons. The predicted octanol–water partition coefficient (Wildman–Crippen LogP) is 6.03. The molecule has 1 saturated heterocycles. The van der Waals surface area contributed by atoms with E-state index in [1.165, 1.54) is 21.6 Å². The molecule has 1 N–H and O–H groups in total. The molecule has 1 fully saturated rings. The molecular formula is C27H27N3O3S3. The molecule has 0 bridgehead atoms. The third-order valence-electron chi connectivity index (χ3n) is 6.45. The number of nitrogens with one attached hydrogen (secondary N) is 1. The minimum atomic E-state index is -3.58. The summed E-state index contributed by atoms with van der Waals surface area (Å²) in [5, 5.41) is 3.95. The van der Waals surface area contributed by atoms with E-state index >= 15 is 0 Å². The zero-order valence-corrected chi connectivity index (χ0v) is 22.6. The molecule has 4 aromatic rings. The molecule has 0 aliphatic carbocycles. The van der Waals surface area contributed by atoms with E-state index in [0.717, 1.165) is 31.4 Å². The highest BCUT2D eigenvalue weighted by molar-refractivity contribution is 7.99. The molecule has 3 aromatic carbocycles. The van der Waals surface area contributed by atoms with Gasteiger partial charge < -0.3 is 5.32 Å². The standard InChI is InChI=1S/C27H27N3O3S3/c1-18-7-12-22-24(17-18)35-27(29-22)20-8-10-21(11-9-20)28-26(31)19-13-15-30(16-14-19)36(32,33)25-6-4-3-5-23(25)34-2/h3-12,17,19H,13-16H2,1-2H3,(H,28,31). The van der Waals surface area contributed by atoms with Crippen molar-refractivity contribution in [1.29, 1.82) is 0 Å². The minimum absolute atomic E-state index is 0.0697. The minimum Gasteiger partial charge on any atom is -0.326 e. The van der Waals surface area contributed by atoms with Crippen molar-refractivity contribution < 1.29 is 13.2 Å². The third-order valence-corrected chi connectivity index (χ3v) is 10.4. The molecule has 1 aromatic heterocycles. The van der Waals surface area contributed by atoms with Gasteiger partial charge in [-0.05, 0) is 80.1 Å². The number of aromatic nitrogens is 1. The van der Waals surface area contributed by atoms with E-state index < -0.39 is 10.0 Å². The van der Waals surface area contributed by atoms with Gasteiger partial charge >= 0.3 is 0 Å². The summed E-state index contributed by atoms with van der Waals surface area (Å²) in [5.74, 6) is -0.292. The fraction of sp³-hybridized carbons (Fsp3) is 0.259. The molecule has 1 aliphatic heterocycles. The number of piperidine rings is 1. The van der Waals surface area contributed by atoms with Gasteiger partial charge in [0.1, 0.15) is 5.01 Å². The highest BCUT2D eigenvalue weighted by Gasteiger charge is 2.33. The van der Waals surface area contributed by atoms with Crippen LogP contribution in [0, 0.1) is 12.8 Å². The summed E-state index contributed by atoms with van der Waals surface area (Å²) >= 11 is 3.08. The van der Waals surface area contributed by atoms with Gasteiger partial charge in [-0.15, -0.1) is 23.1 Å². The van der Waals surface area contributed by atoms with E-state index in [1.807, 2.05) is 48.7 Å². The van der Waals surface area contributed by atoms with E-state index in [9.17, 15) is 13.2 Å². The van der Waals surface area contributed by atoms with Crippen LogP contribution in [0.3, 0.4) is 0 Å². The highest BCUT2D eigenvalue weighted by Crippen LogP contribution is 2.32. The van der Waals surface area contributed by atoms with E-state index in [1.54, 1.807) is 23.5 Å². The summed E-state index contributed by atoms with van der Waals surface area (Å²) in [6.07, 6.45) is 2.86. The Morgan fingerprint density at radius 1 is 1.06 bits per heavy atom. The summed E-state index contributed by atoms with van der Waals surface area (Å²) in [7, 11) is -3.58. The Morgan fingerprint density at radius 3 is 2.50 bits per heavy atom. The van der Waals surface area contributed by atoms with Gasteiger partial charge in [0.15, 0.2) is 0 Å². The topological polar surface area (TPSA) is 79.4 Å². The summed E-state index contributed by atoms with van der Waals surface area (Å²) < 4.78 is 29.0. The predicted molar refractivity (Wildman–Crippen MR) is 148 cm³/mol. The van der Waals surface area contributed by atoms with Crippen molar-refractivity contribution in [2.24, 2.45) is 5.92 Å². The molecule has 1 aliphatic rings. The van der Waals surface area contributed by atoms with Gasteiger partial charge in [-0.3, -0.25) is 4.79 Å². The van der Waals surface area contributed by atoms with Crippen molar-refractivity contribution in [3.63, 3.8) is 0 Å². The average Bonchev–Trinajstić information content (AvgIpc) is 3.32. The van der Waals surface area contributed by atoms with Gasteiger partial charge in [0.05, 0.1) is 15.1 Å². The van der Waals surface area contributed by atoms with Crippen LogP contribution in [0.4, 0.5) is 5.69 Å². The van der Waals surface area contributed by atoms with Crippen molar-refractivity contribution in [2.45, 2.75) is 29.6 Å². The van der Waals surface area contributed by atoms with Crippen LogP contribution in [0.2, 0.25) is 0 Å². The Bertz CT molecular complexity index is 1510. The van der Waals surface area contributed by atoms with Crippen molar-refractivity contribution in [3.8, 4) is 10.6 Å². The van der Waals surface area contributed by atoms with Crippen molar-refractivity contribution in [3.05, 3.63) is 72.3 Å². The summed E-state index contributed by atoms with van der Waals surface area (Å²) in [4.78, 5) is 18.7. The van der Waals surface area contributed by atoms with Crippen LogP contribution >= 0.6 is 23.1 Å². The number of thiazole rings is 1. The monoisotopic (exact) mass is 537 g/mol. The Hall–Kier alpha value is -2.72. The molecule has 6 nitrogen and oxygen atoms in total. The largest absolute Gasteiger partial charge is 0.326 e. The van der Waals surface area contributed by atoms with E-state index in [0.29, 0.717) is 30.8 Å². The van der Waals surface area contributed by atoms with Gasteiger partial charge in [0, 0.05) is 35.2 Å². The number of hydrogen-bond acceptors (Lipinski definition) is 6. The first kappa shape index (κ1) is 25.0. The van der Waals surface area contributed by atoms with Gasteiger partial charge in [-0.1, -0.05) is 18.2 Å². The number of fused-ring (bicyclic) bond motifs is 1. The van der Waals surface area contributed by atoms with Gasteiger partial charge in [-0.25, -0.2) is 13.4 Å². The number of carbonyl (C=O) groups excluding carboxylic acids is 1. The van der Waals surface area contributed by atoms with E-state index in [-0.39, 0.29) is 11.8 Å². The number of benzene rings is 3. The van der Waals surface area contributed by atoms with Crippen LogP contribution in [0.1, 0.15) is 18.4 Å². The Kier molecular flexibility index (Phi) is 7.16. The Balaban J connectivity index is 1.21. The summed E-state index contributed by atoms with van der Waals surface area (Å²) in [5.41, 5.74) is 3.94. The zero-order valence-electron chi connectivity index (χ0n) is 20.1. The molecule has 0 spiro atoms. The highest BCUT2D eigenvalue weighted by atomic mass is 32.2. The maximum atomic E-state index is 13.2. The number of nitrogens with zero attached hydrogens (tertiary/aromatic N) is 2. The fourth-order valence-corrected chi connectivity index (χ4v) is 8.09. The van der Waals surface area contributed by atoms with Crippen molar-refractivity contribution in [2.75, 3.05) is 24.7 Å². The van der Waals surface area contributed by atoms with Crippen LogP contribution in [0.15, 0.2) is 76.5 Å². The number of amides is 1. The average molecular weight is 538 g/mol. The first-order valence-electron chi connectivity index (χ1n) is 11.8. The third kappa shape index (κ3) is 5.06. The van der Waals surface area contributed by atoms with Crippen molar-refractivity contribution in [1.82, 2.24) is 9.29 Å². The zero-order chi connectivity index (χ0) is 25.3. The molecule has 9 heteroatoms. The molecule has 2 heterocycles. The normalized spacial score (nSPS) is 15.3. The number of thioether (sulfide) groups is 1. The number of anilines is 1.